The van der Waals surface area contributed by atoms with Crippen LogP contribution < -0.4 is 19.7 Å². The Hall–Kier alpha value is -3.02. The van der Waals surface area contributed by atoms with E-state index in [1.54, 1.807) is 23.1 Å². The van der Waals surface area contributed by atoms with Gasteiger partial charge >= 0.3 is 0 Å². The van der Waals surface area contributed by atoms with Gasteiger partial charge in [-0.05, 0) is 49.2 Å². The van der Waals surface area contributed by atoms with E-state index in [1.807, 2.05) is 32.0 Å². The van der Waals surface area contributed by atoms with Crippen LogP contribution in [-0.4, -0.2) is 25.2 Å². The van der Waals surface area contributed by atoms with E-state index in [1.165, 1.54) is 5.56 Å². The summed E-state index contributed by atoms with van der Waals surface area (Å²) in [6, 6.07) is 11.2. The van der Waals surface area contributed by atoms with E-state index in [-0.39, 0.29) is 30.9 Å². The number of rotatable bonds is 3. The van der Waals surface area contributed by atoms with Crippen molar-refractivity contribution in [2.75, 3.05) is 23.6 Å². The van der Waals surface area contributed by atoms with E-state index in [0.717, 1.165) is 11.3 Å². The predicted molar refractivity (Wildman–Crippen MR) is 97.6 cm³/mol. The number of carbonyl (C=O) groups is 2. The molecule has 0 aromatic heterocycles. The number of carbonyl (C=O) groups excluding carboxylic acids is 2. The first-order valence-corrected chi connectivity index (χ1v) is 8.59. The zero-order valence-corrected chi connectivity index (χ0v) is 14.7. The van der Waals surface area contributed by atoms with Crippen molar-refractivity contribution < 1.29 is 19.1 Å². The van der Waals surface area contributed by atoms with Crippen LogP contribution in [0.25, 0.3) is 0 Å². The van der Waals surface area contributed by atoms with Gasteiger partial charge in [-0.2, -0.15) is 0 Å². The summed E-state index contributed by atoms with van der Waals surface area (Å²) in [6.07, 6.45) is 0.212. The second-order valence-corrected chi connectivity index (χ2v) is 6.73. The van der Waals surface area contributed by atoms with Crippen molar-refractivity contribution in [1.29, 1.82) is 0 Å². The van der Waals surface area contributed by atoms with Crippen molar-refractivity contribution in [3.63, 3.8) is 0 Å². The van der Waals surface area contributed by atoms with Crippen LogP contribution in [0, 0.1) is 19.8 Å². The number of hydrogen-bond donors (Lipinski definition) is 1. The van der Waals surface area contributed by atoms with Gasteiger partial charge in [0.1, 0.15) is 0 Å². The van der Waals surface area contributed by atoms with Crippen LogP contribution in [0.3, 0.4) is 0 Å². The normalized spacial score (nSPS) is 18.3. The van der Waals surface area contributed by atoms with Crippen molar-refractivity contribution in [2.24, 2.45) is 5.92 Å². The zero-order chi connectivity index (χ0) is 18.3. The zero-order valence-electron chi connectivity index (χ0n) is 14.7. The van der Waals surface area contributed by atoms with Crippen LogP contribution in [0.4, 0.5) is 11.4 Å². The first-order valence-electron chi connectivity index (χ1n) is 8.59. The summed E-state index contributed by atoms with van der Waals surface area (Å²) in [5, 5.41) is 2.87. The molecule has 0 saturated carbocycles. The molecule has 134 valence electrons. The molecule has 2 aliphatic rings. The van der Waals surface area contributed by atoms with Crippen LogP contribution in [0.5, 0.6) is 11.5 Å². The fourth-order valence-electron chi connectivity index (χ4n) is 3.24. The number of hydrogen-bond acceptors (Lipinski definition) is 4. The number of fused-ring (bicyclic) bond motifs is 1. The van der Waals surface area contributed by atoms with Crippen LogP contribution in [0.2, 0.25) is 0 Å². The molecule has 6 nitrogen and oxygen atoms in total. The van der Waals surface area contributed by atoms with E-state index in [9.17, 15) is 9.59 Å². The Labute approximate surface area is 151 Å². The molecule has 0 unspecified atom stereocenters. The van der Waals surface area contributed by atoms with Gasteiger partial charge in [-0.25, -0.2) is 0 Å². The van der Waals surface area contributed by atoms with Crippen molar-refractivity contribution in [2.45, 2.75) is 20.3 Å². The van der Waals surface area contributed by atoms with E-state index >= 15 is 0 Å². The van der Waals surface area contributed by atoms with E-state index in [0.29, 0.717) is 23.7 Å². The van der Waals surface area contributed by atoms with Crippen molar-refractivity contribution in [3.8, 4) is 11.5 Å². The third kappa shape index (κ3) is 2.98. The lowest BCUT2D eigenvalue weighted by Crippen LogP contribution is -2.28. The minimum absolute atomic E-state index is 0.0286. The van der Waals surface area contributed by atoms with E-state index < -0.39 is 0 Å². The molecule has 0 radical (unpaired) electrons. The Kier molecular flexibility index (Phi) is 4.03. The lowest BCUT2D eigenvalue weighted by molar-refractivity contribution is -0.122. The molecular weight excluding hydrogens is 332 g/mol. The van der Waals surface area contributed by atoms with E-state index in [2.05, 4.69) is 5.32 Å². The van der Waals surface area contributed by atoms with Gasteiger partial charge in [0.05, 0.1) is 5.92 Å². The van der Waals surface area contributed by atoms with Crippen LogP contribution in [-0.2, 0) is 9.59 Å². The highest BCUT2D eigenvalue weighted by atomic mass is 16.7. The highest BCUT2D eigenvalue weighted by Gasteiger charge is 2.35. The lowest BCUT2D eigenvalue weighted by atomic mass is 10.1. The van der Waals surface area contributed by atoms with Gasteiger partial charge in [-0.1, -0.05) is 6.07 Å². The Morgan fingerprint density at radius 2 is 1.88 bits per heavy atom. The van der Waals surface area contributed by atoms with Gasteiger partial charge in [0.25, 0.3) is 0 Å². The van der Waals surface area contributed by atoms with Crippen LogP contribution in [0.1, 0.15) is 17.5 Å². The molecule has 2 aromatic rings. The molecular formula is C20H20N2O4. The number of aryl methyl sites for hydroxylation is 2. The maximum absolute atomic E-state index is 12.6. The number of nitrogens with zero attached hydrogens (tertiary/aromatic N) is 1. The number of ether oxygens (including phenoxy) is 2. The summed E-state index contributed by atoms with van der Waals surface area (Å²) in [4.78, 5) is 26.7. The quantitative estimate of drug-likeness (QED) is 0.922. The molecule has 0 bridgehead atoms. The van der Waals surface area contributed by atoms with Crippen LogP contribution in [0.15, 0.2) is 36.4 Å². The molecule has 2 aliphatic heterocycles. The maximum atomic E-state index is 12.6. The first-order chi connectivity index (χ1) is 12.5. The van der Waals surface area contributed by atoms with Gasteiger partial charge in [0.15, 0.2) is 11.5 Å². The molecule has 2 heterocycles. The molecule has 4 rings (SSSR count). The second-order valence-electron chi connectivity index (χ2n) is 6.73. The van der Waals surface area contributed by atoms with Gasteiger partial charge in [-0.15, -0.1) is 0 Å². The lowest BCUT2D eigenvalue weighted by Gasteiger charge is -2.18. The minimum Gasteiger partial charge on any atom is -0.454 e. The summed E-state index contributed by atoms with van der Waals surface area (Å²) in [5.41, 5.74) is 3.79. The highest BCUT2D eigenvalue weighted by molar-refractivity contribution is 6.03. The second kappa shape index (κ2) is 6.37. The predicted octanol–water partition coefficient (Wildman–Crippen LogP) is 3.02. The van der Waals surface area contributed by atoms with Crippen molar-refractivity contribution >= 4 is 23.2 Å². The number of nitrogens with one attached hydrogen (secondary N) is 1. The topological polar surface area (TPSA) is 67.9 Å². The number of anilines is 2. The maximum Gasteiger partial charge on any atom is 0.231 e. The third-order valence-electron chi connectivity index (χ3n) is 4.94. The summed E-state index contributed by atoms with van der Waals surface area (Å²) in [6.45, 7) is 4.63. The van der Waals surface area contributed by atoms with Crippen LogP contribution >= 0.6 is 0 Å². The molecule has 1 N–H and O–H groups in total. The fourth-order valence-corrected chi connectivity index (χ4v) is 3.24. The summed E-state index contributed by atoms with van der Waals surface area (Å²) in [5.74, 6) is 0.708. The summed E-state index contributed by atoms with van der Waals surface area (Å²) < 4.78 is 10.6. The van der Waals surface area contributed by atoms with Gasteiger partial charge in [0.2, 0.25) is 18.6 Å². The molecule has 2 amide bonds. The molecule has 1 fully saturated rings. The molecule has 1 saturated heterocycles. The fraction of sp³-hybridized carbons (Fsp3) is 0.300. The molecule has 0 spiro atoms. The monoisotopic (exact) mass is 352 g/mol. The highest BCUT2D eigenvalue weighted by Crippen LogP contribution is 2.34. The Balaban J connectivity index is 1.46. The number of benzene rings is 2. The smallest absolute Gasteiger partial charge is 0.231 e. The minimum atomic E-state index is -0.380. The standard InChI is InChI=1S/C20H20N2O4/c1-12-3-5-16(7-13(12)2)22-10-14(8-19(22)23)20(24)21-15-4-6-17-18(9-15)26-11-25-17/h3-7,9,14H,8,10-11H2,1-2H3,(H,21,24)/t14-/m0/s1. The molecule has 2 aromatic carbocycles. The van der Waals surface area contributed by atoms with Gasteiger partial charge in [0, 0.05) is 30.4 Å². The van der Waals surface area contributed by atoms with Gasteiger partial charge < -0.3 is 19.7 Å². The molecule has 26 heavy (non-hydrogen) atoms. The first kappa shape index (κ1) is 16.4. The Morgan fingerprint density at radius 3 is 2.69 bits per heavy atom. The van der Waals surface area contributed by atoms with E-state index in [4.69, 9.17) is 9.47 Å². The van der Waals surface area contributed by atoms with Crippen molar-refractivity contribution in [1.82, 2.24) is 0 Å². The van der Waals surface area contributed by atoms with Gasteiger partial charge in [-0.3, -0.25) is 9.59 Å². The largest absolute Gasteiger partial charge is 0.454 e. The Bertz CT molecular complexity index is 893. The average Bonchev–Trinajstić information content (AvgIpc) is 3.23. The molecule has 0 aliphatic carbocycles. The molecule has 1 atom stereocenters. The third-order valence-corrected chi connectivity index (χ3v) is 4.94. The number of amides is 2. The molecule has 6 heteroatoms. The SMILES string of the molecule is Cc1ccc(N2C[C@@H](C(=O)Nc3ccc4c(c3)OCO4)CC2=O)cc1C. The summed E-state index contributed by atoms with van der Waals surface area (Å²) in [7, 11) is 0. The summed E-state index contributed by atoms with van der Waals surface area (Å²) >= 11 is 0. The average molecular weight is 352 g/mol. The Morgan fingerprint density at radius 1 is 1.08 bits per heavy atom. The van der Waals surface area contributed by atoms with Crippen molar-refractivity contribution in [3.05, 3.63) is 47.5 Å².